The van der Waals surface area contributed by atoms with Crippen molar-refractivity contribution >= 4 is 40.5 Å². The van der Waals surface area contributed by atoms with Crippen LogP contribution in [-0.2, 0) is 4.79 Å². The quantitative estimate of drug-likeness (QED) is 0.410. The number of nitro benzene ring substituents is 1. The summed E-state index contributed by atoms with van der Waals surface area (Å²) in [5.41, 5.74) is 0.975. The van der Waals surface area contributed by atoms with E-state index in [2.05, 4.69) is 5.32 Å². The number of non-ortho nitro benzene ring substituents is 1. The van der Waals surface area contributed by atoms with E-state index in [4.69, 9.17) is 33.6 Å². The van der Waals surface area contributed by atoms with Gasteiger partial charge in [0.25, 0.3) is 11.6 Å². The molecule has 0 saturated heterocycles. The van der Waals surface area contributed by atoms with Crippen LogP contribution >= 0.6 is 23.2 Å². The van der Waals surface area contributed by atoms with E-state index in [0.29, 0.717) is 11.3 Å². The first-order valence-corrected chi connectivity index (χ1v) is 7.82. The summed E-state index contributed by atoms with van der Waals surface area (Å²) in [7, 11) is 0. The second-order valence-electron chi connectivity index (χ2n) is 4.95. The Hall–Kier alpha value is -2.66. The lowest BCUT2D eigenvalue weighted by molar-refractivity contribution is -0.386. The number of aliphatic hydroxyl groups excluding tert-OH is 1. The number of alkyl halides is 1. The zero-order valence-corrected chi connectivity index (χ0v) is 14.1. The number of nitro groups is 1. The molecule has 0 radical (unpaired) electrons. The van der Waals surface area contributed by atoms with Crippen LogP contribution in [0, 0.1) is 31.9 Å². The number of carbonyl (C=O) groups is 1. The van der Waals surface area contributed by atoms with Crippen LogP contribution in [0.25, 0.3) is 0 Å². The van der Waals surface area contributed by atoms with E-state index >= 15 is 0 Å². The van der Waals surface area contributed by atoms with Crippen LogP contribution in [0.4, 0.5) is 11.4 Å². The molecule has 3 rings (SSSR count). The third-order valence-corrected chi connectivity index (χ3v) is 3.92. The molecule has 0 aliphatic heterocycles. The molecular formula is C16H11Cl2N3O4. The Balaban J connectivity index is 0.000000208. The molecule has 0 heterocycles. The van der Waals surface area contributed by atoms with Crippen LogP contribution in [0.2, 0.25) is 5.02 Å². The number of benzene rings is 2. The summed E-state index contributed by atoms with van der Waals surface area (Å²) in [5, 5.41) is 32.3. The summed E-state index contributed by atoms with van der Waals surface area (Å²) in [5.74, 6) is -0.800. The molecule has 128 valence electrons. The van der Waals surface area contributed by atoms with Gasteiger partial charge in [0.2, 0.25) is 0 Å². The predicted octanol–water partition coefficient (Wildman–Crippen LogP) is 2.95. The van der Waals surface area contributed by atoms with E-state index < -0.39 is 12.0 Å². The molecule has 0 saturated carbocycles. The molecule has 25 heavy (non-hydrogen) atoms. The molecule has 1 atom stereocenters. The molecule has 2 N–H and O–H groups in total. The van der Waals surface area contributed by atoms with Crippen molar-refractivity contribution in [3.63, 3.8) is 0 Å². The molecule has 2 aliphatic carbocycles. The fourth-order valence-electron chi connectivity index (χ4n) is 1.90. The van der Waals surface area contributed by atoms with Crippen molar-refractivity contribution in [3.8, 4) is 6.07 Å². The van der Waals surface area contributed by atoms with Crippen LogP contribution in [0.3, 0.4) is 0 Å². The topological polar surface area (TPSA) is 116 Å². The van der Waals surface area contributed by atoms with Crippen LogP contribution in [0.5, 0.6) is 0 Å². The molecule has 0 spiro atoms. The Labute approximate surface area is 151 Å². The molecule has 7 nitrogen and oxygen atoms in total. The molecule has 1 unspecified atom stereocenters. The molecule has 9 heteroatoms. The lowest BCUT2D eigenvalue weighted by Gasteiger charge is -2.08. The van der Waals surface area contributed by atoms with E-state index in [9.17, 15) is 14.9 Å². The van der Waals surface area contributed by atoms with Crippen LogP contribution in [0.15, 0.2) is 36.4 Å². The third-order valence-electron chi connectivity index (χ3n) is 3.31. The molecule has 0 bridgehead atoms. The minimum absolute atomic E-state index is 0.185. The highest BCUT2D eigenvalue weighted by atomic mass is 35.5. The lowest BCUT2D eigenvalue weighted by Crippen LogP contribution is -2.28. The van der Waals surface area contributed by atoms with E-state index in [1.165, 1.54) is 18.2 Å². The van der Waals surface area contributed by atoms with Crippen LogP contribution < -0.4 is 5.32 Å². The van der Waals surface area contributed by atoms with Gasteiger partial charge in [-0.3, -0.25) is 14.9 Å². The highest BCUT2D eigenvalue weighted by Crippen LogP contribution is 2.23. The SMILES string of the molecule is N#Cc1ccc(NC(=O)C(O)CCl)cc1Cl.O=[N+]([O-])c1cc2ccc1=2. The van der Waals surface area contributed by atoms with Gasteiger partial charge >= 0.3 is 0 Å². The van der Waals surface area contributed by atoms with E-state index in [1.54, 1.807) is 12.1 Å². The average molecular weight is 380 g/mol. The Morgan fingerprint density at radius 1 is 1.36 bits per heavy atom. The summed E-state index contributed by atoms with van der Waals surface area (Å²) in [6, 6.07) is 11.5. The van der Waals surface area contributed by atoms with Gasteiger partial charge in [-0.05, 0) is 29.5 Å². The first kappa shape index (κ1) is 18.7. The monoisotopic (exact) mass is 379 g/mol. The first-order valence-electron chi connectivity index (χ1n) is 6.90. The lowest BCUT2D eigenvalue weighted by atomic mass is 10.1. The largest absolute Gasteiger partial charge is 0.382 e. The molecule has 1 aromatic carbocycles. The number of halogens is 2. The molecule has 1 amide bonds. The fourth-order valence-corrected chi connectivity index (χ4v) is 2.26. The summed E-state index contributed by atoms with van der Waals surface area (Å²) >= 11 is 11.1. The van der Waals surface area contributed by atoms with Crippen molar-refractivity contribution in [2.45, 2.75) is 6.10 Å². The minimum atomic E-state index is -1.27. The van der Waals surface area contributed by atoms with Crippen LogP contribution in [0.1, 0.15) is 5.56 Å². The summed E-state index contributed by atoms with van der Waals surface area (Å²) in [6.45, 7) is 0. The number of anilines is 1. The normalized spacial score (nSPS) is 11.4. The van der Waals surface area contributed by atoms with E-state index in [-0.39, 0.29) is 21.5 Å². The van der Waals surface area contributed by atoms with Gasteiger partial charge < -0.3 is 10.4 Å². The van der Waals surface area contributed by atoms with Crippen molar-refractivity contribution in [2.75, 3.05) is 11.2 Å². The van der Waals surface area contributed by atoms with Gasteiger partial charge in [0.1, 0.15) is 12.2 Å². The zero-order valence-electron chi connectivity index (χ0n) is 12.6. The maximum absolute atomic E-state index is 11.3. The standard InChI is InChI=1S/C10H8Cl2N2O2.C6H3NO2/c11-4-9(15)10(16)14-7-2-1-6(5-13)8(12)3-7;8-7(9)6-3-4-1-2-5(4)6/h1-3,9,15H,4H2,(H,14,16);1-3H. The number of nitriles is 1. The summed E-state index contributed by atoms with van der Waals surface area (Å²) < 4.78 is 0. The first-order chi connectivity index (χ1) is 11.9. The van der Waals surface area contributed by atoms with Crippen molar-refractivity contribution in [3.05, 3.63) is 67.5 Å². The number of carbonyl (C=O) groups excluding carboxylic acids is 1. The average Bonchev–Trinajstić information content (AvgIpc) is 2.57. The van der Waals surface area contributed by atoms with Gasteiger partial charge in [-0.15, -0.1) is 11.6 Å². The van der Waals surface area contributed by atoms with E-state index in [0.717, 1.165) is 10.4 Å². The summed E-state index contributed by atoms with van der Waals surface area (Å²) in [6.07, 6.45) is -1.27. The van der Waals surface area contributed by atoms with Gasteiger partial charge in [-0.1, -0.05) is 17.7 Å². The number of nitrogens with zero attached hydrogens (tertiary/aromatic N) is 2. The van der Waals surface area contributed by atoms with Gasteiger partial charge in [0.05, 0.1) is 26.6 Å². The number of nitrogens with one attached hydrogen (secondary N) is 1. The second-order valence-corrected chi connectivity index (χ2v) is 5.67. The molecule has 0 aromatic heterocycles. The molecule has 0 fully saturated rings. The number of hydrogen-bond acceptors (Lipinski definition) is 5. The maximum atomic E-state index is 11.3. The van der Waals surface area contributed by atoms with Gasteiger partial charge in [-0.2, -0.15) is 5.26 Å². The summed E-state index contributed by atoms with van der Waals surface area (Å²) in [4.78, 5) is 20.9. The third kappa shape index (κ3) is 4.25. The predicted molar refractivity (Wildman–Crippen MR) is 92.3 cm³/mol. The zero-order chi connectivity index (χ0) is 18.6. The van der Waals surface area contributed by atoms with Crippen molar-refractivity contribution < 1.29 is 14.8 Å². The van der Waals surface area contributed by atoms with Gasteiger partial charge in [0, 0.05) is 11.8 Å². The fraction of sp³-hybridized carbons (Fsp3) is 0.125. The Kier molecular flexibility index (Phi) is 5.93. The van der Waals surface area contributed by atoms with E-state index in [1.807, 2.05) is 12.1 Å². The number of hydrogen-bond donors (Lipinski definition) is 2. The second kappa shape index (κ2) is 7.94. The van der Waals surface area contributed by atoms with Crippen molar-refractivity contribution in [1.29, 1.82) is 5.26 Å². The highest BCUT2D eigenvalue weighted by Gasteiger charge is 2.15. The molecular weight excluding hydrogens is 369 g/mol. The highest BCUT2D eigenvalue weighted by molar-refractivity contribution is 6.32. The number of amides is 1. The minimum Gasteiger partial charge on any atom is -0.382 e. The van der Waals surface area contributed by atoms with Crippen molar-refractivity contribution in [1.82, 2.24) is 0 Å². The van der Waals surface area contributed by atoms with Crippen molar-refractivity contribution in [2.24, 2.45) is 0 Å². The Bertz CT molecular complexity index is 972. The number of rotatable bonds is 4. The maximum Gasteiger partial charge on any atom is 0.277 e. The van der Waals surface area contributed by atoms with Gasteiger partial charge in [0.15, 0.2) is 0 Å². The van der Waals surface area contributed by atoms with Crippen LogP contribution in [-0.4, -0.2) is 27.9 Å². The Morgan fingerprint density at radius 2 is 2.08 bits per heavy atom. The molecule has 2 aliphatic rings. The van der Waals surface area contributed by atoms with Gasteiger partial charge in [-0.25, -0.2) is 0 Å². The Morgan fingerprint density at radius 3 is 2.44 bits per heavy atom. The molecule has 1 aromatic rings. The smallest absolute Gasteiger partial charge is 0.277 e. The number of aliphatic hydroxyl groups is 1.